The first-order valence-corrected chi connectivity index (χ1v) is 5.08. The minimum atomic E-state index is -1.84. The Bertz CT molecular complexity index is 462. The minimum absolute atomic E-state index is 0. The van der Waals surface area contributed by atoms with Crippen LogP contribution in [0.25, 0.3) is 0 Å². The van der Waals surface area contributed by atoms with Crippen LogP contribution in [0.4, 0.5) is 0 Å². The Labute approximate surface area is 166 Å². The first-order chi connectivity index (χ1) is 7.29. The molecule has 0 aromatic heterocycles. The Morgan fingerprint density at radius 1 is 0.667 bits per heavy atom. The average Bonchev–Trinajstić information content (AvgIpc) is 2.18. The first-order valence-electron chi connectivity index (χ1n) is 3.57. The van der Waals surface area contributed by atoms with Crippen LogP contribution in [0.1, 0.15) is 20.7 Å². The third-order valence-electron chi connectivity index (χ3n) is 1.68. The van der Waals surface area contributed by atoms with Gasteiger partial charge < -0.3 is 19.8 Å². The molecule has 10 heteroatoms. The normalized spacial score (nSPS) is 9.11. The maximum absolute atomic E-state index is 10.7. The Kier molecular flexibility index (Phi) is 10.3. The summed E-state index contributed by atoms with van der Waals surface area (Å²) in [5.41, 5.74) is -1.72. The molecule has 0 aliphatic rings. The van der Waals surface area contributed by atoms with Gasteiger partial charge in [0, 0.05) is 11.1 Å². The molecule has 0 radical (unpaired) electrons. The quantitative estimate of drug-likeness (QED) is 0.305. The van der Waals surface area contributed by atoms with Crippen LogP contribution in [-0.2, 0) is 0 Å². The average molecular weight is 348 g/mol. The van der Waals surface area contributed by atoms with E-state index in [9.17, 15) is 19.8 Å². The second kappa shape index (κ2) is 8.57. The van der Waals surface area contributed by atoms with E-state index in [0.717, 1.165) is 0 Å². The van der Waals surface area contributed by atoms with Crippen molar-refractivity contribution in [2.45, 2.75) is 0 Å². The van der Waals surface area contributed by atoms with Gasteiger partial charge in [-0.2, -0.15) is 0 Å². The number of carboxylic acids is 2. The number of carbonyl (C=O) groups excluding carboxylic acids is 2. The Morgan fingerprint density at radius 2 is 0.889 bits per heavy atom. The van der Waals surface area contributed by atoms with Crippen molar-refractivity contribution in [3.05, 3.63) is 31.2 Å². The number of hydrogen-bond acceptors (Lipinski definition) is 4. The zero-order valence-electron chi connectivity index (χ0n) is 9.14. The molecule has 0 bridgehead atoms. The maximum atomic E-state index is 10.7. The van der Waals surface area contributed by atoms with Gasteiger partial charge in [-0.25, -0.2) is 0 Å². The van der Waals surface area contributed by atoms with Crippen molar-refractivity contribution in [2.75, 3.05) is 0 Å². The van der Waals surface area contributed by atoms with Gasteiger partial charge in [-0.1, -0.05) is 46.4 Å². The zero-order chi connectivity index (χ0) is 12.6. The van der Waals surface area contributed by atoms with E-state index in [1.807, 2.05) is 0 Å². The van der Waals surface area contributed by atoms with Gasteiger partial charge in [0.05, 0.1) is 32.0 Å². The fourth-order valence-corrected chi connectivity index (χ4v) is 2.02. The summed E-state index contributed by atoms with van der Waals surface area (Å²) in [6.07, 6.45) is 0. The monoisotopic (exact) mass is 346 g/mol. The van der Waals surface area contributed by atoms with Crippen LogP contribution in [0.15, 0.2) is 0 Å². The molecule has 1 rings (SSSR count). The third-order valence-corrected chi connectivity index (χ3v) is 3.48. The summed E-state index contributed by atoms with van der Waals surface area (Å²) in [5.74, 6) is -3.69. The van der Waals surface area contributed by atoms with E-state index in [1.54, 1.807) is 0 Å². The van der Waals surface area contributed by atoms with Crippen LogP contribution < -0.4 is 69.3 Å². The van der Waals surface area contributed by atoms with E-state index in [0.29, 0.717) is 0 Å². The molecule has 0 saturated carbocycles. The van der Waals surface area contributed by atoms with Gasteiger partial charge in [-0.15, -0.1) is 0 Å². The standard InChI is InChI=1S/C8H2Cl4O4.2Na/c9-3-1(7(13)14)2(8(15)16)4(10)6(12)5(3)11;;/h(H,13,14)(H,15,16);;/q;2*+1/p-2. The summed E-state index contributed by atoms with van der Waals surface area (Å²) < 4.78 is 0. The molecule has 18 heavy (non-hydrogen) atoms. The molecule has 0 spiro atoms. The van der Waals surface area contributed by atoms with E-state index in [4.69, 9.17) is 46.4 Å². The molecular formula is C8Cl4Na2O4. The number of rotatable bonds is 2. The Balaban J connectivity index is 0. The van der Waals surface area contributed by atoms with Crippen molar-refractivity contribution in [1.82, 2.24) is 0 Å². The summed E-state index contributed by atoms with van der Waals surface area (Å²) in [7, 11) is 0. The number of halogens is 4. The zero-order valence-corrected chi connectivity index (χ0v) is 16.2. The van der Waals surface area contributed by atoms with Gasteiger partial charge in [-0.05, 0) is 0 Å². The minimum Gasteiger partial charge on any atom is -0.545 e. The predicted octanol–water partition coefficient (Wildman–Crippen LogP) is -4.96. The molecule has 0 heterocycles. The molecule has 0 saturated heterocycles. The maximum Gasteiger partial charge on any atom is 1.00 e. The van der Waals surface area contributed by atoms with Crippen LogP contribution in [0.2, 0.25) is 20.1 Å². The third kappa shape index (κ3) is 4.16. The summed E-state index contributed by atoms with van der Waals surface area (Å²) in [5, 5.41) is 19.6. The summed E-state index contributed by atoms with van der Waals surface area (Å²) >= 11 is 22.2. The van der Waals surface area contributed by atoms with E-state index in [-0.39, 0.29) is 69.2 Å². The van der Waals surface area contributed by atoms with E-state index >= 15 is 0 Å². The van der Waals surface area contributed by atoms with Crippen LogP contribution in [0.3, 0.4) is 0 Å². The van der Waals surface area contributed by atoms with Crippen molar-refractivity contribution in [1.29, 1.82) is 0 Å². The predicted molar refractivity (Wildman–Crippen MR) is 55.1 cm³/mol. The van der Waals surface area contributed by atoms with Crippen molar-refractivity contribution >= 4 is 58.3 Å². The molecule has 0 aliphatic heterocycles. The first kappa shape index (κ1) is 21.6. The topological polar surface area (TPSA) is 80.3 Å². The second-order valence-corrected chi connectivity index (χ2v) is 4.09. The van der Waals surface area contributed by atoms with Crippen LogP contribution >= 0.6 is 46.4 Å². The van der Waals surface area contributed by atoms with Gasteiger partial charge in [0.2, 0.25) is 0 Å². The van der Waals surface area contributed by atoms with Gasteiger partial charge >= 0.3 is 59.1 Å². The van der Waals surface area contributed by atoms with Gasteiger partial charge in [0.1, 0.15) is 0 Å². The Hall–Kier alpha value is 1.32. The molecule has 0 amide bonds. The molecule has 0 unspecified atom stereocenters. The smallest absolute Gasteiger partial charge is 0.545 e. The van der Waals surface area contributed by atoms with Gasteiger partial charge in [0.25, 0.3) is 0 Å². The molecular weight excluding hydrogens is 348 g/mol. The van der Waals surface area contributed by atoms with E-state index in [2.05, 4.69) is 0 Å². The number of carboxylic acid groups (broad SMARTS) is 2. The van der Waals surface area contributed by atoms with Crippen LogP contribution in [-0.4, -0.2) is 11.9 Å². The van der Waals surface area contributed by atoms with E-state index < -0.39 is 33.1 Å². The molecule has 1 aromatic rings. The number of benzene rings is 1. The van der Waals surface area contributed by atoms with E-state index in [1.165, 1.54) is 0 Å². The Morgan fingerprint density at radius 3 is 1.06 bits per heavy atom. The molecule has 86 valence electrons. The van der Waals surface area contributed by atoms with Crippen molar-refractivity contribution in [3.63, 3.8) is 0 Å². The SMILES string of the molecule is O=C([O-])c1c(Cl)c(Cl)c(Cl)c(Cl)c1C(=O)[O-].[Na+].[Na+]. The van der Waals surface area contributed by atoms with Crippen molar-refractivity contribution in [2.24, 2.45) is 0 Å². The van der Waals surface area contributed by atoms with Crippen molar-refractivity contribution in [3.8, 4) is 0 Å². The molecule has 0 atom stereocenters. The fraction of sp³-hybridized carbons (Fsp3) is 0. The fourth-order valence-electron chi connectivity index (χ4n) is 1.02. The number of hydrogen-bond donors (Lipinski definition) is 0. The summed E-state index contributed by atoms with van der Waals surface area (Å²) in [6.45, 7) is 0. The van der Waals surface area contributed by atoms with Gasteiger partial charge in [-0.3, -0.25) is 0 Å². The second-order valence-electron chi connectivity index (χ2n) is 2.58. The molecule has 0 aliphatic carbocycles. The van der Waals surface area contributed by atoms with Crippen LogP contribution in [0.5, 0.6) is 0 Å². The summed E-state index contributed by atoms with van der Waals surface area (Å²) in [6, 6.07) is 0. The molecule has 1 aromatic carbocycles. The van der Waals surface area contributed by atoms with Crippen molar-refractivity contribution < 1.29 is 78.9 Å². The molecule has 0 N–H and O–H groups in total. The number of aromatic carboxylic acids is 2. The largest absolute Gasteiger partial charge is 1.00 e. The summed E-state index contributed by atoms with van der Waals surface area (Å²) in [4.78, 5) is 21.4. The van der Waals surface area contributed by atoms with Crippen LogP contribution in [0, 0.1) is 0 Å². The number of carbonyl (C=O) groups is 2. The molecule has 4 nitrogen and oxygen atoms in total. The van der Waals surface area contributed by atoms with Gasteiger partial charge in [0.15, 0.2) is 0 Å². The molecule has 0 fully saturated rings.